The molecule has 4 bridgehead atoms. The highest BCUT2D eigenvalue weighted by Crippen LogP contribution is 2.71. The number of nitrogens with zero attached hydrogens (tertiary/aromatic N) is 3. The number of phenolic OH excluding ortho intramolecular Hbond substituents is 1. The first-order valence-corrected chi connectivity index (χ1v) is 16.6. The number of aromatic hydroxyl groups is 1. The summed E-state index contributed by atoms with van der Waals surface area (Å²) in [5, 5.41) is 10.9. The van der Waals surface area contributed by atoms with Gasteiger partial charge in [-0.15, -0.1) is 0 Å². The summed E-state index contributed by atoms with van der Waals surface area (Å²) in [7, 11) is 2.23. The summed E-state index contributed by atoms with van der Waals surface area (Å²) < 4.78 is 0. The molecule has 1 aromatic carbocycles. The molecular formula is C33H49N3O5. The van der Waals surface area contributed by atoms with Crippen LogP contribution in [0.5, 0.6) is 5.75 Å². The summed E-state index contributed by atoms with van der Waals surface area (Å²) in [4.78, 5) is 31.1. The van der Waals surface area contributed by atoms with Gasteiger partial charge in [0.15, 0.2) is 0 Å². The van der Waals surface area contributed by atoms with Gasteiger partial charge in [-0.2, -0.15) is 9.78 Å². The fraction of sp³-hybridized carbons (Fsp3) is 0.818. The molecule has 2 spiro atoms. The van der Waals surface area contributed by atoms with Crippen molar-refractivity contribution < 1.29 is 24.7 Å². The smallest absolute Gasteiger partial charge is 0.240 e. The zero-order chi connectivity index (χ0) is 27.6. The molecular weight excluding hydrogens is 518 g/mol. The number of benzene rings is 1. The van der Waals surface area contributed by atoms with Crippen LogP contribution in [0.1, 0.15) is 81.3 Å². The van der Waals surface area contributed by atoms with E-state index in [1.807, 2.05) is 6.07 Å². The van der Waals surface area contributed by atoms with Gasteiger partial charge in [0, 0.05) is 56.2 Å². The van der Waals surface area contributed by atoms with Crippen LogP contribution >= 0.6 is 0 Å². The number of phenols is 1. The molecule has 9 rings (SSSR count). The van der Waals surface area contributed by atoms with Gasteiger partial charge in [0.2, 0.25) is 12.6 Å². The zero-order valence-electron chi connectivity index (χ0n) is 24.8. The van der Waals surface area contributed by atoms with Crippen molar-refractivity contribution in [1.82, 2.24) is 14.7 Å². The molecule has 1 N–H and O–H groups in total. The predicted octanol–water partition coefficient (Wildman–Crippen LogP) is 4.88. The Morgan fingerprint density at radius 3 is 2.22 bits per heavy atom. The highest BCUT2D eigenvalue weighted by atomic mass is 17.4. The summed E-state index contributed by atoms with van der Waals surface area (Å²) in [5.41, 5.74) is 2.37. The van der Waals surface area contributed by atoms with E-state index in [9.17, 15) is 5.11 Å². The van der Waals surface area contributed by atoms with Crippen molar-refractivity contribution in [2.75, 3.05) is 53.1 Å². The van der Waals surface area contributed by atoms with Crippen LogP contribution in [0, 0.1) is 29.1 Å². The van der Waals surface area contributed by atoms with Crippen molar-refractivity contribution in [2.24, 2.45) is 29.1 Å². The molecule has 1 aromatic rings. The third-order valence-corrected chi connectivity index (χ3v) is 12.8. The van der Waals surface area contributed by atoms with Gasteiger partial charge in [-0.3, -0.25) is 9.80 Å². The maximum atomic E-state index is 10.9. The van der Waals surface area contributed by atoms with Crippen molar-refractivity contribution in [2.45, 2.75) is 88.5 Å². The highest BCUT2D eigenvalue weighted by Gasteiger charge is 2.71. The van der Waals surface area contributed by atoms with Crippen LogP contribution in [0.3, 0.4) is 0 Å². The average Bonchev–Trinajstić information content (AvgIpc) is 2.99. The number of hydrogen-bond acceptors (Lipinski definition) is 8. The molecule has 5 saturated carbocycles. The second-order valence-electron chi connectivity index (χ2n) is 14.8. The Bertz CT molecular complexity index is 1060. The number of likely N-dealkylation sites (N-methyl/N-ethyl adjacent to an activating group) is 1. The number of likely N-dealkylation sites (tertiary alicyclic amines) is 1. The zero-order valence-corrected chi connectivity index (χ0v) is 24.8. The fourth-order valence-electron chi connectivity index (χ4n) is 10.9. The number of piperazine rings is 1. The number of piperidine rings is 1. The van der Waals surface area contributed by atoms with Gasteiger partial charge in [-0.05, 0) is 119 Å². The molecule has 8 nitrogen and oxygen atoms in total. The largest absolute Gasteiger partial charge is 0.508 e. The minimum Gasteiger partial charge on any atom is -0.508 e. The van der Waals surface area contributed by atoms with Crippen LogP contribution < -0.4 is 0 Å². The second kappa shape index (κ2) is 10.7. The summed E-state index contributed by atoms with van der Waals surface area (Å²) in [6.45, 7) is 7.86. The van der Waals surface area contributed by atoms with E-state index in [0.29, 0.717) is 29.5 Å². The summed E-state index contributed by atoms with van der Waals surface area (Å²) in [5.74, 6) is 3.01. The Morgan fingerprint density at radius 1 is 0.854 bits per heavy atom. The molecule has 1 atom stereocenters. The molecule has 0 amide bonds. The van der Waals surface area contributed by atoms with E-state index < -0.39 is 5.79 Å². The minimum absolute atomic E-state index is 0.0375. The number of rotatable bonds is 4. The summed E-state index contributed by atoms with van der Waals surface area (Å²) >= 11 is 0. The lowest BCUT2D eigenvalue weighted by Crippen LogP contribution is -2.68. The van der Waals surface area contributed by atoms with Crippen molar-refractivity contribution in [3.05, 3.63) is 29.3 Å². The lowest BCUT2D eigenvalue weighted by Gasteiger charge is -2.68. The Morgan fingerprint density at radius 2 is 1.54 bits per heavy atom. The molecule has 3 heterocycles. The maximum Gasteiger partial charge on any atom is 0.240 e. The maximum absolute atomic E-state index is 10.9. The predicted molar refractivity (Wildman–Crippen MR) is 153 cm³/mol. The van der Waals surface area contributed by atoms with E-state index in [2.05, 4.69) is 33.9 Å². The fourth-order valence-corrected chi connectivity index (χ4v) is 10.9. The molecule has 41 heavy (non-hydrogen) atoms. The molecule has 8 fully saturated rings. The first kappa shape index (κ1) is 27.3. The quantitative estimate of drug-likeness (QED) is 0.517. The second-order valence-corrected chi connectivity index (χ2v) is 14.8. The molecule has 0 aromatic heterocycles. The molecule has 3 aliphatic heterocycles. The number of hydrogen-bond donors (Lipinski definition) is 1. The van der Waals surface area contributed by atoms with E-state index in [0.717, 1.165) is 56.3 Å². The Balaban J connectivity index is 0.991. The van der Waals surface area contributed by atoms with Gasteiger partial charge in [0.05, 0.1) is 0 Å². The minimum atomic E-state index is -0.793. The van der Waals surface area contributed by atoms with E-state index in [-0.39, 0.29) is 12.2 Å². The van der Waals surface area contributed by atoms with Gasteiger partial charge in [-0.25, -0.2) is 9.78 Å². The van der Waals surface area contributed by atoms with E-state index >= 15 is 0 Å². The lowest BCUT2D eigenvalue weighted by molar-refractivity contribution is -0.629. The normalized spacial score (nSPS) is 40.1. The van der Waals surface area contributed by atoms with Crippen LogP contribution in [0.15, 0.2) is 18.2 Å². The van der Waals surface area contributed by atoms with Crippen LogP contribution in [0.25, 0.3) is 0 Å². The molecule has 8 heteroatoms. The summed E-state index contributed by atoms with van der Waals surface area (Å²) in [6.07, 6.45) is 11.9. The van der Waals surface area contributed by atoms with Gasteiger partial charge >= 0.3 is 0 Å². The van der Waals surface area contributed by atoms with Crippen molar-refractivity contribution in [1.29, 1.82) is 0 Å². The third kappa shape index (κ3) is 4.68. The standard InChI is InChI=1S/C33H49N3O5/c1-34-10-12-36(13-11-34)30-5-8-35(9-6-30)21-27-19-25(2-3-31(27)37)26-4-7-33(40-38-22-39-41-33)32(20-26)28-15-23-14-24(17-28)18-29(32)16-23/h2-3,19,23-24,26,28-30,37H,4-18,20-22H2,1H3. The van der Waals surface area contributed by atoms with Gasteiger partial charge in [0.25, 0.3) is 0 Å². The molecule has 226 valence electrons. The van der Waals surface area contributed by atoms with Crippen molar-refractivity contribution in [3.8, 4) is 5.75 Å². The van der Waals surface area contributed by atoms with Crippen molar-refractivity contribution in [3.63, 3.8) is 0 Å². The van der Waals surface area contributed by atoms with E-state index in [1.54, 1.807) is 0 Å². The van der Waals surface area contributed by atoms with Gasteiger partial charge in [-0.1, -0.05) is 12.1 Å². The summed E-state index contributed by atoms with van der Waals surface area (Å²) in [6, 6.07) is 7.17. The Hall–Kier alpha value is -1.26. The first-order valence-electron chi connectivity index (χ1n) is 16.6. The van der Waals surface area contributed by atoms with Crippen LogP contribution in [-0.4, -0.2) is 84.7 Å². The van der Waals surface area contributed by atoms with E-state index in [1.165, 1.54) is 76.7 Å². The highest BCUT2D eigenvalue weighted by molar-refractivity contribution is 5.38. The monoisotopic (exact) mass is 567 g/mol. The van der Waals surface area contributed by atoms with Gasteiger partial charge in [0.1, 0.15) is 5.75 Å². The average molecular weight is 568 g/mol. The Kier molecular flexibility index (Phi) is 7.14. The first-order chi connectivity index (χ1) is 20.0. The van der Waals surface area contributed by atoms with E-state index in [4.69, 9.17) is 19.6 Å². The van der Waals surface area contributed by atoms with Crippen LogP contribution in [0.4, 0.5) is 0 Å². The molecule has 8 aliphatic rings. The molecule has 3 saturated heterocycles. The molecule has 5 aliphatic carbocycles. The lowest BCUT2D eigenvalue weighted by atomic mass is 9.40. The molecule has 1 unspecified atom stereocenters. The van der Waals surface area contributed by atoms with Crippen molar-refractivity contribution >= 4 is 0 Å². The third-order valence-electron chi connectivity index (χ3n) is 12.8. The SMILES string of the molecule is CN1CCN(C2CCN(Cc3cc(C4CCC5(OOCOO5)C5(C4)C4CC6CC(C4)CC5C6)ccc3O)CC2)CC1. The topological polar surface area (TPSA) is 66.9 Å². The van der Waals surface area contributed by atoms with Crippen LogP contribution in [0.2, 0.25) is 0 Å². The van der Waals surface area contributed by atoms with Gasteiger partial charge < -0.3 is 10.0 Å². The van der Waals surface area contributed by atoms with Crippen LogP contribution in [-0.2, 0) is 26.1 Å². The molecule has 0 radical (unpaired) electrons. The Labute approximate surface area is 245 Å².